The van der Waals surface area contributed by atoms with Crippen molar-refractivity contribution < 1.29 is 19.2 Å². The van der Waals surface area contributed by atoms with Gasteiger partial charge in [-0.2, -0.15) is 0 Å². The predicted molar refractivity (Wildman–Crippen MR) is 75.5 cm³/mol. The van der Waals surface area contributed by atoms with Crippen LogP contribution >= 0.6 is 0 Å². The number of carboxylic acid groups (broad SMARTS) is 1. The number of carbonyl (C=O) groups excluding carboxylic acids is 1. The highest BCUT2D eigenvalue weighted by molar-refractivity contribution is 5.85. The number of hydrogen-bond donors (Lipinski definition) is 2. The van der Waals surface area contributed by atoms with E-state index in [4.69, 9.17) is 4.52 Å². The Morgan fingerprint density at radius 2 is 2.00 bits per heavy atom. The molecule has 0 aliphatic heterocycles. The molecule has 1 amide bonds. The molecule has 1 aliphatic carbocycles. The topological polar surface area (TPSA) is 92.4 Å². The summed E-state index contributed by atoms with van der Waals surface area (Å²) in [5.41, 5.74) is 1.61. The molecule has 0 spiro atoms. The molecule has 6 nitrogen and oxygen atoms in total. The first-order valence-electron chi connectivity index (χ1n) is 7.36. The number of nitrogens with one attached hydrogen (secondary N) is 1. The number of amides is 1. The molecule has 0 saturated heterocycles. The summed E-state index contributed by atoms with van der Waals surface area (Å²) in [7, 11) is 0. The van der Waals surface area contributed by atoms with Crippen molar-refractivity contribution in [3.05, 3.63) is 17.0 Å². The smallest absolute Gasteiger partial charge is 0.307 e. The van der Waals surface area contributed by atoms with Gasteiger partial charge in [0, 0.05) is 12.1 Å². The summed E-state index contributed by atoms with van der Waals surface area (Å²) in [6, 6.07) is 0. The van der Waals surface area contributed by atoms with Gasteiger partial charge in [0.25, 0.3) is 0 Å². The summed E-state index contributed by atoms with van der Waals surface area (Å²) in [6.45, 7) is 5.98. The van der Waals surface area contributed by atoms with Crippen LogP contribution in [0.15, 0.2) is 4.52 Å². The van der Waals surface area contributed by atoms with Gasteiger partial charge in [-0.05, 0) is 32.6 Å². The summed E-state index contributed by atoms with van der Waals surface area (Å²) >= 11 is 0. The van der Waals surface area contributed by atoms with Crippen LogP contribution in [-0.4, -0.2) is 22.1 Å². The van der Waals surface area contributed by atoms with Gasteiger partial charge in [-0.25, -0.2) is 0 Å². The van der Waals surface area contributed by atoms with E-state index in [2.05, 4.69) is 10.5 Å². The fourth-order valence-electron chi connectivity index (χ4n) is 3.10. The average Bonchev–Trinajstić information content (AvgIpc) is 3.01. The minimum absolute atomic E-state index is 0.182. The summed E-state index contributed by atoms with van der Waals surface area (Å²) in [5.74, 6) is -1.06. The summed E-state index contributed by atoms with van der Waals surface area (Å²) < 4.78 is 5.05. The van der Waals surface area contributed by atoms with Crippen molar-refractivity contribution in [3.63, 3.8) is 0 Å². The molecular weight excluding hydrogens is 272 g/mol. The van der Waals surface area contributed by atoms with Crippen LogP contribution < -0.4 is 5.32 Å². The first kappa shape index (κ1) is 15.5. The van der Waals surface area contributed by atoms with E-state index in [0.717, 1.165) is 17.7 Å². The lowest BCUT2D eigenvalue weighted by atomic mass is 9.95. The third-order valence-electron chi connectivity index (χ3n) is 4.51. The maximum atomic E-state index is 12.3. The van der Waals surface area contributed by atoms with Gasteiger partial charge < -0.3 is 14.9 Å². The fraction of sp³-hybridized carbons (Fsp3) is 0.667. The standard InChI is InChI=1S/C15H22N2O4/c1-4-10-5-11(12(6-10)15(19)20)14(18)16-7-13-8(2)17-21-9(13)3/h10-12H,4-7H2,1-3H3,(H,16,18)(H,19,20). The van der Waals surface area contributed by atoms with Crippen molar-refractivity contribution in [2.24, 2.45) is 17.8 Å². The summed E-state index contributed by atoms with van der Waals surface area (Å²) in [6.07, 6.45) is 2.16. The van der Waals surface area contributed by atoms with Crippen molar-refractivity contribution >= 4 is 11.9 Å². The Labute approximate surface area is 123 Å². The largest absolute Gasteiger partial charge is 0.481 e. The molecule has 6 heteroatoms. The number of rotatable bonds is 5. The third kappa shape index (κ3) is 3.25. The normalized spacial score (nSPS) is 25.0. The predicted octanol–water partition coefficient (Wildman–Crippen LogP) is 2.04. The van der Waals surface area contributed by atoms with E-state index >= 15 is 0 Å². The number of aryl methyl sites for hydroxylation is 2. The molecule has 2 N–H and O–H groups in total. The van der Waals surface area contributed by atoms with Gasteiger partial charge in [-0.3, -0.25) is 9.59 Å². The van der Waals surface area contributed by atoms with Crippen LogP contribution in [0.4, 0.5) is 0 Å². The van der Waals surface area contributed by atoms with E-state index in [-0.39, 0.29) is 5.91 Å². The van der Waals surface area contributed by atoms with E-state index in [0.29, 0.717) is 31.1 Å². The minimum Gasteiger partial charge on any atom is -0.481 e. The monoisotopic (exact) mass is 294 g/mol. The van der Waals surface area contributed by atoms with Crippen molar-refractivity contribution in [1.29, 1.82) is 0 Å². The average molecular weight is 294 g/mol. The van der Waals surface area contributed by atoms with Crippen LogP contribution in [0.3, 0.4) is 0 Å². The second kappa shape index (κ2) is 6.28. The van der Waals surface area contributed by atoms with Crippen LogP contribution in [0.1, 0.15) is 43.2 Å². The van der Waals surface area contributed by atoms with E-state index in [1.54, 1.807) is 6.92 Å². The Morgan fingerprint density at radius 1 is 1.33 bits per heavy atom. The fourth-order valence-corrected chi connectivity index (χ4v) is 3.10. The van der Waals surface area contributed by atoms with Crippen LogP contribution in [0.2, 0.25) is 0 Å². The first-order chi connectivity index (χ1) is 9.93. The van der Waals surface area contributed by atoms with Crippen molar-refractivity contribution in [1.82, 2.24) is 10.5 Å². The molecule has 1 aromatic rings. The van der Waals surface area contributed by atoms with Crippen molar-refractivity contribution in [3.8, 4) is 0 Å². The minimum atomic E-state index is -0.872. The van der Waals surface area contributed by atoms with Gasteiger partial charge in [-0.1, -0.05) is 18.5 Å². The Balaban J connectivity index is 2.00. The lowest BCUT2D eigenvalue weighted by molar-refractivity contribution is -0.146. The quantitative estimate of drug-likeness (QED) is 0.867. The molecule has 3 atom stereocenters. The maximum Gasteiger partial charge on any atom is 0.307 e. The number of carbonyl (C=O) groups is 2. The maximum absolute atomic E-state index is 12.3. The lowest BCUT2D eigenvalue weighted by Crippen LogP contribution is -2.35. The van der Waals surface area contributed by atoms with Crippen molar-refractivity contribution in [2.45, 2.75) is 46.6 Å². The Hall–Kier alpha value is -1.85. The van der Waals surface area contributed by atoms with E-state index < -0.39 is 17.8 Å². The van der Waals surface area contributed by atoms with Gasteiger partial charge >= 0.3 is 5.97 Å². The number of aromatic nitrogens is 1. The van der Waals surface area contributed by atoms with Crippen LogP contribution in [0.5, 0.6) is 0 Å². The zero-order valence-corrected chi connectivity index (χ0v) is 12.7. The van der Waals surface area contributed by atoms with E-state index in [1.165, 1.54) is 0 Å². The highest BCUT2D eigenvalue weighted by Crippen LogP contribution is 2.38. The molecule has 1 aromatic heterocycles. The molecule has 3 unspecified atom stereocenters. The summed E-state index contributed by atoms with van der Waals surface area (Å²) in [5, 5.41) is 16.0. The first-order valence-corrected chi connectivity index (χ1v) is 7.36. The molecule has 2 rings (SSSR count). The van der Waals surface area contributed by atoms with E-state index in [1.807, 2.05) is 13.8 Å². The molecule has 1 fully saturated rings. The van der Waals surface area contributed by atoms with Gasteiger partial charge in [0.2, 0.25) is 5.91 Å². The Bertz CT molecular complexity index is 518. The molecule has 1 aliphatic rings. The molecule has 1 heterocycles. The highest BCUT2D eigenvalue weighted by Gasteiger charge is 2.42. The molecule has 0 bridgehead atoms. The number of nitrogens with zero attached hydrogens (tertiary/aromatic N) is 1. The van der Waals surface area contributed by atoms with Crippen LogP contribution in [0, 0.1) is 31.6 Å². The molecular formula is C15H22N2O4. The van der Waals surface area contributed by atoms with Gasteiger partial charge in [-0.15, -0.1) is 0 Å². The molecule has 21 heavy (non-hydrogen) atoms. The second-order valence-electron chi connectivity index (χ2n) is 5.82. The number of hydrogen-bond acceptors (Lipinski definition) is 4. The Morgan fingerprint density at radius 3 is 2.52 bits per heavy atom. The number of carboxylic acids is 1. The van der Waals surface area contributed by atoms with Crippen LogP contribution in [-0.2, 0) is 16.1 Å². The van der Waals surface area contributed by atoms with E-state index in [9.17, 15) is 14.7 Å². The SMILES string of the molecule is CCC1CC(C(=O)O)C(C(=O)NCc2c(C)noc2C)C1. The lowest BCUT2D eigenvalue weighted by Gasteiger charge is -2.15. The summed E-state index contributed by atoms with van der Waals surface area (Å²) in [4.78, 5) is 23.6. The molecule has 0 radical (unpaired) electrons. The third-order valence-corrected chi connectivity index (χ3v) is 4.51. The number of aliphatic carboxylic acids is 1. The Kier molecular flexibility index (Phi) is 4.65. The zero-order chi connectivity index (χ0) is 15.6. The zero-order valence-electron chi connectivity index (χ0n) is 12.7. The molecule has 116 valence electrons. The molecule has 0 aromatic carbocycles. The molecule has 1 saturated carbocycles. The van der Waals surface area contributed by atoms with Crippen LogP contribution in [0.25, 0.3) is 0 Å². The van der Waals surface area contributed by atoms with Gasteiger partial charge in [0.15, 0.2) is 0 Å². The van der Waals surface area contributed by atoms with Gasteiger partial charge in [0.1, 0.15) is 5.76 Å². The van der Waals surface area contributed by atoms with Gasteiger partial charge in [0.05, 0.1) is 17.5 Å². The second-order valence-corrected chi connectivity index (χ2v) is 5.82. The van der Waals surface area contributed by atoms with Crippen molar-refractivity contribution in [2.75, 3.05) is 0 Å². The highest BCUT2D eigenvalue weighted by atomic mass is 16.5.